The second kappa shape index (κ2) is 11.3. The molecule has 5 N–H and O–H groups in total. The molecule has 3 unspecified atom stereocenters. The predicted octanol–water partition coefficient (Wildman–Crippen LogP) is 1.56. The molecule has 0 saturated carbocycles. The molecule has 1 heterocycles. The highest BCUT2D eigenvalue weighted by molar-refractivity contribution is 5.50. The summed E-state index contributed by atoms with van der Waals surface area (Å²) in [6, 6.07) is 11.1. The summed E-state index contributed by atoms with van der Waals surface area (Å²) < 4.78 is 22.7. The number of aliphatic hydroxyl groups excluding tert-OH is 4. The van der Waals surface area contributed by atoms with Crippen molar-refractivity contribution in [1.82, 2.24) is 0 Å². The molecule has 2 aromatic carbocycles. The summed E-state index contributed by atoms with van der Waals surface area (Å²) in [5.74, 6) is 0.405. The van der Waals surface area contributed by atoms with Crippen molar-refractivity contribution in [1.29, 1.82) is 0 Å². The van der Waals surface area contributed by atoms with Crippen molar-refractivity contribution in [3.8, 4) is 17.2 Å². The maximum atomic E-state index is 10.4. The fraction of sp³-hybridized carbons (Fsp3) is 0.556. The van der Waals surface area contributed by atoms with Crippen molar-refractivity contribution in [3.05, 3.63) is 53.1 Å². The van der Waals surface area contributed by atoms with Gasteiger partial charge in [0, 0.05) is 12.5 Å². The third-order valence-corrected chi connectivity index (χ3v) is 7.04. The van der Waals surface area contributed by atoms with Gasteiger partial charge in [0.25, 0.3) is 0 Å². The molecule has 7 atom stereocenters. The van der Waals surface area contributed by atoms with Gasteiger partial charge in [-0.15, -0.1) is 0 Å². The molecule has 9 nitrogen and oxygen atoms in total. The maximum Gasteiger partial charge on any atom is 0.186 e. The topological polar surface area (TPSA) is 138 Å². The molecule has 0 bridgehead atoms. The van der Waals surface area contributed by atoms with E-state index in [0.717, 1.165) is 22.4 Å². The van der Waals surface area contributed by atoms with Crippen LogP contribution in [0.25, 0.3) is 0 Å². The van der Waals surface area contributed by atoms with Gasteiger partial charge in [-0.25, -0.2) is 0 Å². The van der Waals surface area contributed by atoms with E-state index >= 15 is 0 Å². The molecule has 2 aromatic rings. The van der Waals surface area contributed by atoms with Crippen molar-refractivity contribution < 1.29 is 44.5 Å². The van der Waals surface area contributed by atoms with Gasteiger partial charge in [0.1, 0.15) is 24.1 Å². The van der Waals surface area contributed by atoms with Crippen molar-refractivity contribution in [3.63, 3.8) is 0 Å². The van der Waals surface area contributed by atoms with Crippen LogP contribution in [0.5, 0.6) is 17.2 Å². The van der Waals surface area contributed by atoms with Crippen LogP contribution in [0.3, 0.4) is 0 Å². The third-order valence-electron chi connectivity index (χ3n) is 7.04. The first-order chi connectivity index (χ1) is 17.2. The molecule has 9 heteroatoms. The molecule has 0 amide bonds. The van der Waals surface area contributed by atoms with Crippen LogP contribution >= 0.6 is 0 Å². The van der Waals surface area contributed by atoms with Gasteiger partial charge in [0.2, 0.25) is 0 Å². The normalized spacial score (nSPS) is 30.2. The molecule has 198 valence electrons. The van der Waals surface area contributed by atoms with E-state index in [9.17, 15) is 25.5 Å². The summed E-state index contributed by atoms with van der Waals surface area (Å²) in [5.41, 5.74) is 2.95. The first-order valence-corrected chi connectivity index (χ1v) is 12.3. The largest absolute Gasteiger partial charge is 0.504 e. The monoisotopic (exact) mass is 504 g/mol. The van der Waals surface area contributed by atoms with Crippen LogP contribution in [-0.2, 0) is 15.9 Å². The van der Waals surface area contributed by atoms with Crippen LogP contribution in [0.2, 0.25) is 0 Å². The molecule has 2 aliphatic rings. The smallest absolute Gasteiger partial charge is 0.186 e. The lowest BCUT2D eigenvalue weighted by atomic mass is 9.67. The molecule has 0 spiro atoms. The molecule has 1 aliphatic carbocycles. The number of phenolic OH excluding ortho intramolecular Hbond substituents is 1. The number of ether oxygens (including phenoxy) is 4. The highest BCUT2D eigenvalue weighted by Gasteiger charge is 2.42. The Hall–Kier alpha value is -2.40. The van der Waals surface area contributed by atoms with Gasteiger partial charge >= 0.3 is 0 Å². The van der Waals surface area contributed by atoms with E-state index in [2.05, 4.69) is 0 Å². The lowest BCUT2D eigenvalue weighted by molar-refractivity contribution is -0.274. The summed E-state index contributed by atoms with van der Waals surface area (Å²) >= 11 is 0. The number of benzene rings is 2. The first kappa shape index (κ1) is 26.7. The van der Waals surface area contributed by atoms with Gasteiger partial charge in [-0.3, -0.25) is 0 Å². The molecule has 0 aromatic heterocycles. The summed E-state index contributed by atoms with van der Waals surface area (Å²) in [6.07, 6.45) is -4.48. The van der Waals surface area contributed by atoms with E-state index < -0.39 is 24.6 Å². The highest BCUT2D eigenvalue weighted by Crippen LogP contribution is 2.46. The minimum Gasteiger partial charge on any atom is -0.504 e. The first-order valence-electron chi connectivity index (χ1n) is 12.3. The summed E-state index contributed by atoms with van der Waals surface area (Å²) in [4.78, 5) is 0. The molecular formula is C27H36O9. The van der Waals surface area contributed by atoms with E-state index in [1.807, 2.05) is 38.1 Å². The van der Waals surface area contributed by atoms with Gasteiger partial charge in [0.05, 0.1) is 26.4 Å². The molecule has 4 rings (SSSR count). The van der Waals surface area contributed by atoms with Crippen LogP contribution in [0.4, 0.5) is 0 Å². The minimum atomic E-state index is -1.41. The second-order valence-corrected chi connectivity index (χ2v) is 9.83. The van der Waals surface area contributed by atoms with Gasteiger partial charge in [-0.1, -0.05) is 12.1 Å². The van der Waals surface area contributed by atoms with Crippen molar-refractivity contribution in [2.45, 2.75) is 56.9 Å². The summed E-state index contributed by atoms with van der Waals surface area (Å²) in [6.45, 7) is 3.79. The third kappa shape index (κ3) is 5.46. The second-order valence-electron chi connectivity index (χ2n) is 9.83. The van der Waals surface area contributed by atoms with E-state index in [1.54, 1.807) is 12.1 Å². The molecule has 0 radical (unpaired) electrons. The van der Waals surface area contributed by atoms with Crippen LogP contribution in [-0.4, -0.2) is 83.2 Å². The minimum absolute atomic E-state index is 0.00473. The molecule has 1 saturated heterocycles. The average molecular weight is 505 g/mol. The Morgan fingerprint density at radius 2 is 1.83 bits per heavy atom. The average Bonchev–Trinajstić information content (AvgIpc) is 2.86. The van der Waals surface area contributed by atoms with E-state index in [-0.39, 0.29) is 49.4 Å². The number of fused-ring (bicyclic) bond motifs is 1. The van der Waals surface area contributed by atoms with Gasteiger partial charge in [-0.2, -0.15) is 0 Å². The van der Waals surface area contributed by atoms with Crippen LogP contribution in [0.15, 0.2) is 36.4 Å². The Morgan fingerprint density at radius 3 is 2.53 bits per heavy atom. The number of methoxy groups -OCH3 is 1. The van der Waals surface area contributed by atoms with Crippen molar-refractivity contribution in [2.75, 3.05) is 26.9 Å². The van der Waals surface area contributed by atoms with Crippen molar-refractivity contribution >= 4 is 0 Å². The highest BCUT2D eigenvalue weighted by atomic mass is 16.7. The summed E-state index contributed by atoms with van der Waals surface area (Å²) in [7, 11) is 1.49. The van der Waals surface area contributed by atoms with Crippen LogP contribution < -0.4 is 9.47 Å². The van der Waals surface area contributed by atoms with E-state index in [0.29, 0.717) is 12.2 Å². The van der Waals surface area contributed by atoms with Gasteiger partial charge < -0.3 is 44.5 Å². The number of aliphatic hydroxyl groups is 4. The van der Waals surface area contributed by atoms with E-state index in [1.165, 1.54) is 7.11 Å². The number of phenols is 1. The number of hydrogen-bond donors (Lipinski definition) is 5. The lowest BCUT2D eigenvalue weighted by Gasteiger charge is -2.41. The zero-order valence-corrected chi connectivity index (χ0v) is 20.8. The Kier molecular flexibility index (Phi) is 8.39. The Morgan fingerprint density at radius 1 is 1.06 bits per heavy atom. The Bertz CT molecular complexity index is 1030. The summed E-state index contributed by atoms with van der Waals surface area (Å²) in [5, 5.41) is 50.7. The lowest BCUT2D eigenvalue weighted by Crippen LogP contribution is -2.54. The zero-order valence-electron chi connectivity index (χ0n) is 20.8. The fourth-order valence-electron chi connectivity index (χ4n) is 5.21. The van der Waals surface area contributed by atoms with Crippen LogP contribution in [0.1, 0.15) is 36.5 Å². The molecular weight excluding hydrogens is 468 g/mol. The Labute approximate surface area is 210 Å². The molecule has 1 aliphatic heterocycles. The maximum absolute atomic E-state index is 10.4. The van der Waals surface area contributed by atoms with Gasteiger partial charge in [0.15, 0.2) is 17.8 Å². The SMILES string of the molecule is COc1cc(C2c3cc(OC(C)C)ccc3CC(CO)C2CO[C@@H]2OC[C@@H](O)[C@H](O)[C@H]2O)ccc1O. The van der Waals surface area contributed by atoms with Gasteiger partial charge in [-0.05, 0) is 73.1 Å². The number of hydrogen-bond acceptors (Lipinski definition) is 9. The fourth-order valence-corrected chi connectivity index (χ4v) is 5.21. The standard InChI is InChI=1S/C27H36O9/c1-14(2)36-18-6-4-15-8-17(11-28)20(12-34-27-26(32)25(31)22(30)13-35-27)24(19(15)10-18)16-5-7-21(29)23(9-16)33-3/h4-7,9-10,14,17,20,22,24-32H,8,11-13H2,1-3H3/t17?,20?,22-,24?,25+,26-,27-/m1/s1. The Balaban J connectivity index is 1.72. The molecule has 36 heavy (non-hydrogen) atoms. The van der Waals surface area contributed by atoms with E-state index in [4.69, 9.17) is 18.9 Å². The quantitative estimate of drug-likeness (QED) is 0.363. The molecule has 1 fully saturated rings. The predicted molar refractivity (Wildman–Crippen MR) is 130 cm³/mol. The van der Waals surface area contributed by atoms with Crippen molar-refractivity contribution in [2.24, 2.45) is 11.8 Å². The van der Waals surface area contributed by atoms with Crippen LogP contribution in [0, 0.1) is 11.8 Å². The number of rotatable bonds is 8. The number of aromatic hydroxyl groups is 1. The zero-order chi connectivity index (χ0) is 26.0.